The number of benzene rings is 2. The second kappa shape index (κ2) is 9.10. The van der Waals surface area contributed by atoms with E-state index in [-0.39, 0.29) is 18.6 Å². The molecule has 0 saturated heterocycles. The summed E-state index contributed by atoms with van der Waals surface area (Å²) in [6, 6.07) is 16.5. The Morgan fingerprint density at radius 3 is 2.56 bits per heavy atom. The van der Waals surface area contributed by atoms with Crippen molar-refractivity contribution < 1.29 is 9.53 Å². The van der Waals surface area contributed by atoms with Gasteiger partial charge in [-0.05, 0) is 36.1 Å². The Morgan fingerprint density at radius 1 is 1.24 bits per heavy atom. The highest BCUT2D eigenvalue weighted by molar-refractivity contribution is 6.32. The number of ether oxygens (including phenoxy) is 1. The van der Waals surface area contributed by atoms with Gasteiger partial charge in [-0.15, -0.1) is 0 Å². The van der Waals surface area contributed by atoms with E-state index in [1.54, 1.807) is 12.1 Å². The summed E-state index contributed by atoms with van der Waals surface area (Å²) in [5, 5.41) is 12.2. The SMILES string of the molecule is CC(C)C[C@H](NC(=O)COc1ccc(C#N)cc1Cl)c1ccccc1. The van der Waals surface area contributed by atoms with Crippen LogP contribution in [0.2, 0.25) is 5.02 Å². The van der Waals surface area contributed by atoms with Gasteiger partial charge in [0.25, 0.3) is 5.91 Å². The van der Waals surface area contributed by atoms with Gasteiger partial charge in [0.2, 0.25) is 0 Å². The van der Waals surface area contributed by atoms with E-state index in [0.29, 0.717) is 22.3 Å². The van der Waals surface area contributed by atoms with Crippen LogP contribution in [0.5, 0.6) is 5.75 Å². The molecule has 0 aliphatic heterocycles. The average molecular weight is 357 g/mol. The minimum atomic E-state index is -0.213. The Hall–Kier alpha value is -2.51. The van der Waals surface area contributed by atoms with Crippen LogP contribution in [0.3, 0.4) is 0 Å². The number of carbonyl (C=O) groups is 1. The third-order valence-corrected chi connectivity index (χ3v) is 3.96. The molecule has 0 aliphatic carbocycles. The lowest BCUT2D eigenvalue weighted by Gasteiger charge is -2.21. The Morgan fingerprint density at radius 2 is 1.96 bits per heavy atom. The van der Waals surface area contributed by atoms with Crippen molar-refractivity contribution >= 4 is 17.5 Å². The van der Waals surface area contributed by atoms with Crippen LogP contribution in [0.4, 0.5) is 0 Å². The molecule has 0 bridgehead atoms. The van der Waals surface area contributed by atoms with Gasteiger partial charge in [0.15, 0.2) is 6.61 Å². The van der Waals surface area contributed by atoms with Crippen LogP contribution in [0.25, 0.3) is 0 Å². The molecule has 4 nitrogen and oxygen atoms in total. The number of amides is 1. The maximum Gasteiger partial charge on any atom is 0.258 e. The second-order valence-corrected chi connectivity index (χ2v) is 6.61. The molecule has 1 atom stereocenters. The first-order chi connectivity index (χ1) is 12.0. The highest BCUT2D eigenvalue weighted by Gasteiger charge is 2.16. The summed E-state index contributed by atoms with van der Waals surface area (Å²) in [7, 11) is 0. The fourth-order valence-electron chi connectivity index (χ4n) is 2.50. The topological polar surface area (TPSA) is 62.1 Å². The summed E-state index contributed by atoms with van der Waals surface area (Å²) in [5.41, 5.74) is 1.52. The first-order valence-corrected chi connectivity index (χ1v) is 8.54. The molecule has 1 N–H and O–H groups in total. The molecule has 0 fully saturated rings. The minimum absolute atomic E-state index is 0.0614. The summed E-state index contributed by atoms with van der Waals surface area (Å²) < 4.78 is 5.49. The van der Waals surface area contributed by atoms with E-state index in [1.807, 2.05) is 36.4 Å². The molecule has 0 aromatic heterocycles. The van der Waals surface area contributed by atoms with Crippen LogP contribution in [0.1, 0.15) is 37.4 Å². The molecule has 2 aromatic carbocycles. The van der Waals surface area contributed by atoms with Crippen molar-refractivity contribution in [2.75, 3.05) is 6.61 Å². The minimum Gasteiger partial charge on any atom is -0.482 e. The van der Waals surface area contributed by atoms with E-state index in [0.717, 1.165) is 12.0 Å². The van der Waals surface area contributed by atoms with Crippen LogP contribution in [-0.4, -0.2) is 12.5 Å². The summed E-state index contributed by atoms with van der Waals surface area (Å²) in [6.45, 7) is 4.11. The number of hydrogen-bond acceptors (Lipinski definition) is 3. The van der Waals surface area contributed by atoms with Gasteiger partial charge in [0.1, 0.15) is 5.75 Å². The molecule has 0 saturated carbocycles. The van der Waals surface area contributed by atoms with Gasteiger partial charge >= 0.3 is 0 Å². The summed E-state index contributed by atoms with van der Waals surface area (Å²) in [5.74, 6) is 0.616. The summed E-state index contributed by atoms with van der Waals surface area (Å²) in [6.07, 6.45) is 0.841. The molecule has 0 heterocycles. The molecule has 0 radical (unpaired) electrons. The second-order valence-electron chi connectivity index (χ2n) is 6.21. The Labute approximate surface area is 153 Å². The quantitative estimate of drug-likeness (QED) is 0.794. The lowest BCUT2D eigenvalue weighted by molar-refractivity contribution is -0.124. The van der Waals surface area contributed by atoms with Crippen molar-refractivity contribution in [3.05, 3.63) is 64.7 Å². The van der Waals surface area contributed by atoms with Gasteiger partial charge < -0.3 is 10.1 Å². The van der Waals surface area contributed by atoms with Crippen molar-refractivity contribution in [3.63, 3.8) is 0 Å². The summed E-state index contributed by atoms with van der Waals surface area (Å²) in [4.78, 5) is 12.3. The zero-order valence-electron chi connectivity index (χ0n) is 14.3. The molecule has 2 rings (SSSR count). The molecule has 5 heteroatoms. The predicted molar refractivity (Wildman–Crippen MR) is 98.4 cm³/mol. The highest BCUT2D eigenvalue weighted by Crippen LogP contribution is 2.25. The maximum atomic E-state index is 12.3. The van der Waals surface area contributed by atoms with Gasteiger partial charge in [-0.3, -0.25) is 4.79 Å². The molecule has 0 aliphatic rings. The van der Waals surface area contributed by atoms with Crippen LogP contribution in [-0.2, 0) is 4.79 Å². The Kier molecular flexibility index (Phi) is 6.85. The standard InChI is InChI=1S/C20H21ClN2O2/c1-14(2)10-18(16-6-4-3-5-7-16)23-20(24)13-25-19-9-8-15(12-22)11-17(19)21/h3-9,11,14,18H,10,13H2,1-2H3,(H,23,24)/t18-/m0/s1. The normalized spacial score (nSPS) is 11.6. The molecule has 2 aromatic rings. The van der Waals surface area contributed by atoms with E-state index < -0.39 is 0 Å². The van der Waals surface area contributed by atoms with Crippen LogP contribution < -0.4 is 10.1 Å². The summed E-state index contributed by atoms with van der Waals surface area (Å²) >= 11 is 6.05. The smallest absolute Gasteiger partial charge is 0.258 e. The van der Waals surface area contributed by atoms with E-state index in [1.165, 1.54) is 6.07 Å². The molecular weight excluding hydrogens is 336 g/mol. The maximum absolute atomic E-state index is 12.3. The molecule has 0 spiro atoms. The number of nitrogens with one attached hydrogen (secondary N) is 1. The molecule has 130 valence electrons. The molecule has 25 heavy (non-hydrogen) atoms. The zero-order chi connectivity index (χ0) is 18.2. The average Bonchev–Trinajstić information content (AvgIpc) is 2.60. The van der Waals surface area contributed by atoms with E-state index in [2.05, 4.69) is 19.2 Å². The zero-order valence-corrected chi connectivity index (χ0v) is 15.1. The van der Waals surface area contributed by atoms with Gasteiger partial charge in [0.05, 0.1) is 22.7 Å². The lowest BCUT2D eigenvalue weighted by atomic mass is 9.97. The molecule has 0 unspecified atom stereocenters. The Balaban J connectivity index is 1.98. The van der Waals surface area contributed by atoms with Crippen molar-refractivity contribution in [2.24, 2.45) is 5.92 Å². The first kappa shape index (κ1) is 18.8. The third kappa shape index (κ3) is 5.81. The number of nitrogens with zero attached hydrogens (tertiary/aromatic N) is 1. The predicted octanol–water partition coefficient (Wildman–Crippen LogP) is 4.49. The van der Waals surface area contributed by atoms with Crippen molar-refractivity contribution in [3.8, 4) is 11.8 Å². The number of hydrogen-bond donors (Lipinski definition) is 1. The van der Waals surface area contributed by atoms with Gasteiger partial charge in [-0.25, -0.2) is 0 Å². The molecule has 1 amide bonds. The van der Waals surface area contributed by atoms with Crippen molar-refractivity contribution in [1.82, 2.24) is 5.32 Å². The fourth-order valence-corrected chi connectivity index (χ4v) is 2.74. The first-order valence-electron chi connectivity index (χ1n) is 8.16. The Bertz CT molecular complexity index is 754. The lowest BCUT2D eigenvalue weighted by Crippen LogP contribution is -2.33. The fraction of sp³-hybridized carbons (Fsp3) is 0.300. The number of carbonyl (C=O) groups excluding carboxylic acids is 1. The third-order valence-electron chi connectivity index (χ3n) is 3.66. The van der Waals surface area contributed by atoms with Crippen LogP contribution in [0, 0.1) is 17.2 Å². The van der Waals surface area contributed by atoms with Crippen LogP contribution in [0.15, 0.2) is 48.5 Å². The van der Waals surface area contributed by atoms with E-state index >= 15 is 0 Å². The number of rotatable bonds is 7. The largest absolute Gasteiger partial charge is 0.482 e. The van der Waals surface area contributed by atoms with Gasteiger partial charge in [-0.1, -0.05) is 55.8 Å². The highest BCUT2D eigenvalue weighted by atomic mass is 35.5. The van der Waals surface area contributed by atoms with E-state index in [9.17, 15) is 4.79 Å². The molecular formula is C20H21ClN2O2. The van der Waals surface area contributed by atoms with Crippen molar-refractivity contribution in [1.29, 1.82) is 5.26 Å². The van der Waals surface area contributed by atoms with Crippen LogP contribution >= 0.6 is 11.6 Å². The van der Waals surface area contributed by atoms with Crippen molar-refractivity contribution in [2.45, 2.75) is 26.3 Å². The van der Waals surface area contributed by atoms with Gasteiger partial charge in [0, 0.05) is 0 Å². The van der Waals surface area contributed by atoms with Gasteiger partial charge in [-0.2, -0.15) is 5.26 Å². The monoisotopic (exact) mass is 356 g/mol. The van der Waals surface area contributed by atoms with E-state index in [4.69, 9.17) is 21.6 Å². The number of nitriles is 1. The number of halogens is 1.